The van der Waals surface area contributed by atoms with Gasteiger partial charge in [0.05, 0.1) is 60.4 Å². The van der Waals surface area contributed by atoms with E-state index in [0.717, 1.165) is 31.8 Å². The smallest absolute Gasteiger partial charge is 0.490 e. The fourth-order valence-electron chi connectivity index (χ4n) is 6.23. The normalized spacial score (nSPS) is 12.0. The molecule has 0 bridgehead atoms. The van der Waals surface area contributed by atoms with Crippen LogP contribution in [0.5, 0.6) is 17.2 Å². The number of halogens is 5. The molecule has 1 heterocycles. The predicted molar refractivity (Wildman–Crippen MR) is 241 cm³/mol. The lowest BCUT2D eigenvalue weighted by atomic mass is 10.2. The Balaban J connectivity index is 0.885. The van der Waals surface area contributed by atoms with E-state index in [0.29, 0.717) is 44.1 Å². The third-order valence-corrected chi connectivity index (χ3v) is 11.0. The highest BCUT2D eigenvalue weighted by Gasteiger charge is 2.42. The number of benzene rings is 5. The summed E-state index contributed by atoms with van der Waals surface area (Å²) in [5.41, 5.74) is 4.33. The van der Waals surface area contributed by atoms with Crippen LogP contribution < -0.4 is 34.4 Å². The molecular formula is C48H52F5N4O8S+. The predicted octanol–water partition coefficient (Wildman–Crippen LogP) is 7.50. The highest BCUT2D eigenvalue weighted by Crippen LogP contribution is 2.34. The van der Waals surface area contributed by atoms with E-state index in [-0.39, 0.29) is 56.8 Å². The largest absolute Gasteiger partial charge is 0.490 e. The molecular weight excluding hydrogens is 888 g/mol. The fraction of sp³-hybridized carbons (Fsp3) is 0.354. The van der Waals surface area contributed by atoms with Crippen molar-refractivity contribution in [2.24, 2.45) is 0 Å². The first-order valence-corrected chi connectivity index (χ1v) is 21.9. The summed E-state index contributed by atoms with van der Waals surface area (Å²) < 4.78 is 109. The van der Waals surface area contributed by atoms with E-state index in [1.54, 1.807) is 35.6 Å². The van der Waals surface area contributed by atoms with Crippen LogP contribution in [0.4, 0.5) is 27.6 Å². The summed E-state index contributed by atoms with van der Waals surface area (Å²) in [4.78, 5) is 19.9. The van der Waals surface area contributed by atoms with Crippen molar-refractivity contribution in [1.29, 1.82) is 0 Å². The second-order valence-corrected chi connectivity index (χ2v) is 16.2. The number of carbonyl (C=O) groups is 1. The van der Waals surface area contributed by atoms with Gasteiger partial charge in [0.15, 0.2) is 11.5 Å². The van der Waals surface area contributed by atoms with Crippen LogP contribution in [0.15, 0.2) is 103 Å². The molecule has 0 saturated heterocycles. The lowest BCUT2D eigenvalue weighted by Gasteiger charge is -2.20. The van der Waals surface area contributed by atoms with E-state index < -0.39 is 36.5 Å². The van der Waals surface area contributed by atoms with Gasteiger partial charge in [-0.25, -0.2) is 23.1 Å². The highest BCUT2D eigenvalue weighted by atomic mass is 32.1. The van der Waals surface area contributed by atoms with Crippen molar-refractivity contribution in [3.05, 3.63) is 131 Å². The molecule has 6 rings (SSSR count). The number of hydrogen-bond acceptors (Lipinski definition) is 12. The first-order chi connectivity index (χ1) is 31.8. The Morgan fingerprint density at radius 2 is 1.38 bits per heavy atom. The van der Waals surface area contributed by atoms with Gasteiger partial charge < -0.3 is 43.4 Å². The third-order valence-electron chi connectivity index (χ3n) is 9.89. The average Bonchev–Trinajstić information content (AvgIpc) is 3.30. The minimum atomic E-state index is -5.21. The molecule has 0 aromatic heterocycles. The molecule has 2 aliphatic rings. The summed E-state index contributed by atoms with van der Waals surface area (Å²) in [6.45, 7) is 2.48. The molecule has 4 aromatic rings. The zero-order valence-electron chi connectivity index (χ0n) is 36.8. The van der Waals surface area contributed by atoms with E-state index in [1.165, 1.54) is 42.5 Å². The standard InChI is InChI=1S/C48H52F5N4O8S/c1-56(2)37-12-15-41-45(26-37)66-46-27-38(13-16-42(46)55-41)57(3)19-21-60-23-25-61-24-22-59-20-18-54-29-40(65-47(58)48(51,52)53)32-62-39-14-17-43(63-30-33-4-8-35(49)9-5-33)44(28-39)64-31-34-6-10-36(50)11-7-34/h4-17,26-28,40,54H,18-25,29-32H2,1-3H3/q+1/t40-/m1/s1. The van der Waals surface area contributed by atoms with E-state index >= 15 is 0 Å². The monoisotopic (exact) mass is 939 g/mol. The lowest BCUT2D eigenvalue weighted by Crippen LogP contribution is -2.40. The van der Waals surface area contributed by atoms with Crippen LogP contribution >= 0.6 is 11.3 Å². The second kappa shape index (κ2) is 24.6. The topological polar surface area (TPSA) is 113 Å². The average molecular weight is 940 g/mol. The van der Waals surface area contributed by atoms with Crippen molar-refractivity contribution in [3.8, 4) is 27.8 Å². The first-order valence-electron chi connectivity index (χ1n) is 21.1. The minimum absolute atomic E-state index is 0.0248. The molecule has 12 nitrogen and oxygen atoms in total. The first kappa shape index (κ1) is 49.5. The van der Waals surface area contributed by atoms with Crippen molar-refractivity contribution >= 4 is 33.2 Å². The van der Waals surface area contributed by atoms with Gasteiger partial charge in [0.1, 0.15) is 57.4 Å². The molecule has 4 aromatic carbocycles. The number of alkyl halides is 3. The number of anilines is 1. The van der Waals surface area contributed by atoms with Gasteiger partial charge in [0.2, 0.25) is 5.36 Å². The minimum Gasteiger partial charge on any atom is -0.490 e. The third kappa shape index (κ3) is 15.6. The van der Waals surface area contributed by atoms with Crippen LogP contribution in [0.1, 0.15) is 11.1 Å². The number of carbonyl (C=O) groups excluding carboxylic acids is 1. The van der Waals surface area contributed by atoms with Gasteiger partial charge in [-0.1, -0.05) is 24.3 Å². The van der Waals surface area contributed by atoms with Gasteiger partial charge in [-0.15, -0.1) is 11.3 Å². The van der Waals surface area contributed by atoms with Crippen LogP contribution in [0, 0.1) is 11.6 Å². The summed E-state index contributed by atoms with van der Waals surface area (Å²) in [5, 5.41) is 4.06. The number of nitrogens with one attached hydrogen (secondary N) is 1. The zero-order valence-corrected chi connectivity index (χ0v) is 37.6. The Hall–Kier alpha value is -5.92. The van der Waals surface area contributed by atoms with E-state index in [2.05, 4.69) is 45.1 Å². The van der Waals surface area contributed by atoms with Gasteiger partial charge >= 0.3 is 12.1 Å². The molecule has 0 spiro atoms. The Morgan fingerprint density at radius 3 is 2.03 bits per heavy atom. The summed E-state index contributed by atoms with van der Waals surface area (Å²) in [6.07, 6.45) is -6.54. The molecule has 0 fully saturated rings. The number of likely N-dealkylation sites (N-methyl/N-ethyl adjacent to an activating group) is 1. The molecule has 0 amide bonds. The molecule has 0 saturated carbocycles. The van der Waals surface area contributed by atoms with Crippen molar-refractivity contribution in [1.82, 2.24) is 14.9 Å². The van der Waals surface area contributed by atoms with Crippen molar-refractivity contribution in [2.45, 2.75) is 25.5 Å². The number of esters is 1. The number of nitrogens with zero attached hydrogens (tertiary/aromatic N) is 3. The Bertz CT molecular complexity index is 2510. The summed E-state index contributed by atoms with van der Waals surface area (Å²) >= 11 is 1.72. The zero-order chi connectivity index (χ0) is 46.9. The van der Waals surface area contributed by atoms with Crippen LogP contribution in [0.3, 0.4) is 0 Å². The van der Waals surface area contributed by atoms with E-state index in [4.69, 9.17) is 38.1 Å². The molecule has 18 heteroatoms. The van der Waals surface area contributed by atoms with Gasteiger partial charge in [0, 0.05) is 50.6 Å². The maximum atomic E-state index is 13.5. The summed E-state index contributed by atoms with van der Waals surface area (Å²) in [7, 11) is 6.06. The van der Waals surface area contributed by atoms with Crippen LogP contribution in [-0.2, 0) is 37.0 Å². The molecule has 0 unspecified atom stereocenters. The second-order valence-electron chi connectivity index (χ2n) is 15.2. The molecule has 0 radical (unpaired) electrons. The van der Waals surface area contributed by atoms with E-state index in [1.807, 2.05) is 27.2 Å². The van der Waals surface area contributed by atoms with Crippen LogP contribution in [0.2, 0.25) is 0 Å². The van der Waals surface area contributed by atoms with Crippen molar-refractivity contribution in [2.75, 3.05) is 91.9 Å². The highest BCUT2D eigenvalue weighted by molar-refractivity contribution is 7.21. The number of aromatic nitrogens is 1. The van der Waals surface area contributed by atoms with Gasteiger partial charge in [-0.2, -0.15) is 13.2 Å². The van der Waals surface area contributed by atoms with Crippen molar-refractivity contribution < 1.29 is 59.9 Å². The Kier molecular flexibility index (Phi) is 18.4. The molecule has 352 valence electrons. The number of hydrogen-bond donors (Lipinski definition) is 1. The van der Waals surface area contributed by atoms with Gasteiger partial charge in [-0.3, -0.25) is 0 Å². The molecule has 1 atom stereocenters. The van der Waals surface area contributed by atoms with Crippen LogP contribution in [0.25, 0.3) is 20.8 Å². The summed E-state index contributed by atoms with van der Waals surface area (Å²) in [6, 6.07) is 28.4. The SMILES string of the molecule is CN(CCOCCOCCOCCNC[C@H](COc1ccc(OCc2ccc(F)cc2)c(OCc2ccc(F)cc2)c1)OC(=O)C(F)(F)F)c1ccc2nc3ccc(=[N+](C)C)cc-3sc2c1. The number of fused-ring (bicyclic) bond motifs is 2. The molecule has 1 N–H and O–H groups in total. The van der Waals surface area contributed by atoms with E-state index in [9.17, 15) is 26.7 Å². The van der Waals surface area contributed by atoms with Gasteiger partial charge in [0.25, 0.3) is 0 Å². The van der Waals surface area contributed by atoms with Crippen molar-refractivity contribution in [3.63, 3.8) is 0 Å². The van der Waals surface area contributed by atoms with Gasteiger partial charge in [-0.05, 0) is 71.8 Å². The number of rotatable bonds is 25. The maximum absolute atomic E-state index is 13.5. The molecule has 1 aliphatic carbocycles. The Labute approximate surface area is 383 Å². The number of ether oxygens (including phenoxy) is 7. The maximum Gasteiger partial charge on any atom is 0.490 e. The Morgan fingerprint density at radius 1 is 0.742 bits per heavy atom. The molecule has 66 heavy (non-hydrogen) atoms. The molecule has 1 aliphatic heterocycles. The summed E-state index contributed by atoms with van der Waals surface area (Å²) in [5.74, 6) is -2.48. The quantitative estimate of drug-likeness (QED) is 0.0203. The lowest BCUT2D eigenvalue weighted by molar-refractivity contribution is -0.205. The fourth-order valence-corrected chi connectivity index (χ4v) is 7.27. The van der Waals surface area contributed by atoms with Crippen LogP contribution in [-0.4, -0.2) is 110 Å².